The molecule has 24 heavy (non-hydrogen) atoms. The molecule has 1 aromatic carbocycles. The van der Waals surface area contributed by atoms with Crippen LogP contribution >= 0.6 is 0 Å². The molecule has 0 saturated heterocycles. The summed E-state index contributed by atoms with van der Waals surface area (Å²) in [6.45, 7) is -0.105. The third-order valence-corrected chi connectivity index (χ3v) is 3.80. The van der Waals surface area contributed by atoms with Gasteiger partial charge in [0, 0.05) is 5.56 Å². The lowest BCUT2D eigenvalue weighted by Crippen LogP contribution is -2.26. The number of anilines is 2. The highest BCUT2D eigenvalue weighted by atomic mass is 16.5. The summed E-state index contributed by atoms with van der Waals surface area (Å²) in [5.41, 5.74) is 13.2. The maximum Gasteiger partial charge on any atom is 0.223 e. The number of aliphatic hydroxyl groups is 1. The lowest BCUT2D eigenvalue weighted by Gasteiger charge is -2.19. The van der Waals surface area contributed by atoms with Gasteiger partial charge in [0.05, 0.1) is 12.9 Å². The molecule has 2 heterocycles. The molecule has 1 aliphatic heterocycles. The Hall–Kier alpha value is -2.93. The molecule has 0 fully saturated rings. The molecule has 1 unspecified atom stereocenters. The van der Waals surface area contributed by atoms with E-state index in [2.05, 4.69) is 9.97 Å². The summed E-state index contributed by atoms with van der Waals surface area (Å²) in [6.07, 6.45) is 4.06. The van der Waals surface area contributed by atoms with Crippen LogP contribution in [0.5, 0.6) is 0 Å². The van der Waals surface area contributed by atoms with Gasteiger partial charge in [0.25, 0.3) is 0 Å². The number of rotatable bonds is 4. The molecule has 5 N–H and O–H groups in total. The average molecular weight is 326 g/mol. The highest BCUT2D eigenvalue weighted by molar-refractivity contribution is 6.04. The number of carbonyl (C=O) groups is 1. The fourth-order valence-electron chi connectivity index (χ4n) is 2.49. The minimum Gasteiger partial charge on any atom is -0.490 e. The number of Topliss-reactive ketones (excluding diaryl/α,β-unsaturated/α-hetero) is 1. The van der Waals surface area contributed by atoms with Gasteiger partial charge in [-0.1, -0.05) is 18.2 Å². The molecule has 124 valence electrons. The van der Waals surface area contributed by atoms with Crippen molar-refractivity contribution >= 4 is 17.3 Å². The molecular weight excluding hydrogens is 308 g/mol. The number of carbonyl (C=O) groups excluding carboxylic acids is 1. The van der Waals surface area contributed by atoms with E-state index in [0.29, 0.717) is 17.5 Å². The zero-order chi connectivity index (χ0) is 17.1. The number of benzene rings is 1. The van der Waals surface area contributed by atoms with Crippen molar-refractivity contribution in [3.8, 4) is 11.4 Å². The Labute approximate surface area is 139 Å². The molecule has 0 aliphatic carbocycles. The number of ketones is 1. The van der Waals surface area contributed by atoms with Gasteiger partial charge in [0.1, 0.15) is 11.4 Å². The first kappa shape index (κ1) is 15.9. The van der Waals surface area contributed by atoms with Crippen molar-refractivity contribution in [1.29, 1.82) is 0 Å². The lowest BCUT2D eigenvalue weighted by molar-refractivity contribution is 0.0655. The summed E-state index contributed by atoms with van der Waals surface area (Å²) < 4.78 is 5.35. The fourth-order valence-corrected chi connectivity index (χ4v) is 2.49. The van der Waals surface area contributed by atoms with Gasteiger partial charge in [-0.05, 0) is 30.5 Å². The standard InChI is InChI=1S/C17H18N4O3/c18-13-14(15(23)12-6-1-2-7-24-12)20-17(21-16(13)19)11-5-3-4-10(8-11)9-22/h2-5,7-8,12,22H,1,6,9,18H2,(H2,19,20,21). The monoisotopic (exact) mass is 326 g/mol. The second kappa shape index (κ2) is 6.67. The topological polar surface area (TPSA) is 124 Å². The fraction of sp³-hybridized carbons (Fsp3) is 0.235. The predicted molar refractivity (Wildman–Crippen MR) is 89.8 cm³/mol. The quantitative estimate of drug-likeness (QED) is 0.730. The highest BCUT2D eigenvalue weighted by Gasteiger charge is 2.27. The van der Waals surface area contributed by atoms with Crippen molar-refractivity contribution in [1.82, 2.24) is 9.97 Å². The summed E-state index contributed by atoms with van der Waals surface area (Å²) >= 11 is 0. The van der Waals surface area contributed by atoms with Crippen LogP contribution in [0.25, 0.3) is 11.4 Å². The Kier molecular flexibility index (Phi) is 4.43. The van der Waals surface area contributed by atoms with Crippen LogP contribution in [0.1, 0.15) is 28.9 Å². The molecule has 0 amide bonds. The summed E-state index contributed by atoms with van der Waals surface area (Å²) in [5, 5.41) is 9.26. The normalized spacial score (nSPS) is 16.6. The number of aliphatic hydroxyl groups excluding tert-OH is 1. The molecule has 1 aliphatic rings. The number of hydrogen-bond acceptors (Lipinski definition) is 7. The van der Waals surface area contributed by atoms with Gasteiger partial charge in [-0.3, -0.25) is 4.79 Å². The van der Waals surface area contributed by atoms with Crippen LogP contribution in [0.15, 0.2) is 36.6 Å². The molecule has 7 heteroatoms. The van der Waals surface area contributed by atoms with Gasteiger partial charge >= 0.3 is 0 Å². The number of hydrogen-bond donors (Lipinski definition) is 3. The van der Waals surface area contributed by atoms with Crippen molar-refractivity contribution in [3.05, 3.63) is 47.9 Å². The molecule has 2 aromatic rings. The summed E-state index contributed by atoms with van der Waals surface area (Å²) in [5.74, 6) is 0.0151. The largest absolute Gasteiger partial charge is 0.490 e. The lowest BCUT2D eigenvalue weighted by atomic mass is 10.0. The first-order valence-corrected chi connectivity index (χ1v) is 7.58. The van der Waals surface area contributed by atoms with Gasteiger partial charge < -0.3 is 21.3 Å². The molecular formula is C17H18N4O3. The maximum atomic E-state index is 12.7. The van der Waals surface area contributed by atoms with Crippen LogP contribution in [0.3, 0.4) is 0 Å². The predicted octanol–water partition coefficient (Wildman–Crippen LogP) is 1.68. The van der Waals surface area contributed by atoms with E-state index >= 15 is 0 Å². The second-order valence-corrected chi connectivity index (χ2v) is 5.49. The van der Waals surface area contributed by atoms with Gasteiger partial charge in [-0.25, -0.2) is 9.97 Å². The van der Waals surface area contributed by atoms with E-state index in [-0.39, 0.29) is 35.4 Å². The summed E-state index contributed by atoms with van der Waals surface area (Å²) in [6, 6.07) is 7.06. The molecule has 0 bridgehead atoms. The highest BCUT2D eigenvalue weighted by Crippen LogP contribution is 2.26. The number of ether oxygens (including phenoxy) is 1. The van der Waals surface area contributed by atoms with E-state index in [1.807, 2.05) is 6.08 Å². The minimum absolute atomic E-state index is 0.0455. The average Bonchev–Trinajstić information content (AvgIpc) is 2.64. The molecule has 0 spiro atoms. The Morgan fingerprint density at radius 1 is 1.33 bits per heavy atom. The van der Waals surface area contributed by atoms with Crippen LogP contribution in [-0.2, 0) is 11.3 Å². The van der Waals surface area contributed by atoms with Crippen molar-refractivity contribution in [2.45, 2.75) is 25.6 Å². The Morgan fingerprint density at radius 3 is 2.88 bits per heavy atom. The molecule has 3 rings (SSSR count). The first-order valence-electron chi connectivity index (χ1n) is 7.58. The van der Waals surface area contributed by atoms with Crippen LogP contribution < -0.4 is 11.5 Å². The van der Waals surface area contributed by atoms with Crippen molar-refractivity contribution in [2.75, 3.05) is 11.5 Å². The maximum absolute atomic E-state index is 12.7. The van der Waals surface area contributed by atoms with Crippen LogP contribution in [0, 0.1) is 0 Å². The molecule has 0 saturated carbocycles. The van der Waals surface area contributed by atoms with Crippen LogP contribution in [0.2, 0.25) is 0 Å². The van der Waals surface area contributed by atoms with Gasteiger partial charge in [-0.15, -0.1) is 0 Å². The van der Waals surface area contributed by atoms with Gasteiger partial charge in [-0.2, -0.15) is 0 Å². The minimum atomic E-state index is -0.622. The smallest absolute Gasteiger partial charge is 0.223 e. The Bertz CT molecular complexity index is 804. The number of allylic oxidation sites excluding steroid dienone is 1. The summed E-state index contributed by atoms with van der Waals surface area (Å²) in [7, 11) is 0. The first-order chi connectivity index (χ1) is 11.6. The van der Waals surface area contributed by atoms with E-state index in [9.17, 15) is 9.90 Å². The van der Waals surface area contributed by atoms with Crippen molar-refractivity contribution in [3.63, 3.8) is 0 Å². The zero-order valence-electron chi connectivity index (χ0n) is 13.0. The van der Waals surface area contributed by atoms with E-state index in [1.54, 1.807) is 24.3 Å². The van der Waals surface area contributed by atoms with E-state index in [4.69, 9.17) is 16.2 Å². The number of nitrogen functional groups attached to an aromatic ring is 2. The van der Waals surface area contributed by atoms with E-state index in [0.717, 1.165) is 6.42 Å². The number of nitrogens with zero attached hydrogens (tertiary/aromatic N) is 2. The Balaban J connectivity index is 2.02. The SMILES string of the molecule is Nc1nc(-c2cccc(CO)c2)nc(C(=O)C2CCC=CO2)c1N. The van der Waals surface area contributed by atoms with Gasteiger partial charge in [0.2, 0.25) is 5.78 Å². The van der Waals surface area contributed by atoms with Crippen molar-refractivity contribution < 1.29 is 14.6 Å². The molecule has 1 atom stereocenters. The third kappa shape index (κ3) is 3.07. The van der Waals surface area contributed by atoms with E-state index in [1.165, 1.54) is 6.26 Å². The number of aromatic nitrogens is 2. The van der Waals surface area contributed by atoms with Crippen LogP contribution in [-0.4, -0.2) is 27.0 Å². The third-order valence-electron chi connectivity index (χ3n) is 3.80. The van der Waals surface area contributed by atoms with E-state index < -0.39 is 6.10 Å². The summed E-state index contributed by atoms with van der Waals surface area (Å²) in [4.78, 5) is 21.1. The Morgan fingerprint density at radius 2 is 2.17 bits per heavy atom. The molecule has 7 nitrogen and oxygen atoms in total. The molecule has 0 radical (unpaired) electrons. The van der Waals surface area contributed by atoms with Crippen LogP contribution in [0.4, 0.5) is 11.5 Å². The zero-order valence-corrected chi connectivity index (χ0v) is 13.0. The van der Waals surface area contributed by atoms with Gasteiger partial charge in [0.15, 0.2) is 17.7 Å². The van der Waals surface area contributed by atoms with Crippen molar-refractivity contribution in [2.24, 2.45) is 0 Å². The molecule has 1 aromatic heterocycles. The second-order valence-electron chi connectivity index (χ2n) is 5.49. The number of nitrogens with two attached hydrogens (primary N) is 2.